The lowest BCUT2D eigenvalue weighted by atomic mass is 9.86. The Bertz CT molecular complexity index is 671. The van der Waals surface area contributed by atoms with Crippen molar-refractivity contribution in [3.8, 4) is 5.69 Å². The molecule has 0 radical (unpaired) electrons. The normalized spacial score (nSPS) is 11.9. The van der Waals surface area contributed by atoms with Crippen LogP contribution in [0.2, 0.25) is 0 Å². The number of aromatic nitrogens is 2. The summed E-state index contributed by atoms with van der Waals surface area (Å²) in [6, 6.07) is 8.26. The molecular formula is C18H26N2O. The number of aromatic amines is 1. The Kier molecular flexibility index (Phi) is 4.40. The molecule has 0 amide bonds. The van der Waals surface area contributed by atoms with Crippen molar-refractivity contribution in [2.75, 3.05) is 0 Å². The van der Waals surface area contributed by atoms with Crippen LogP contribution in [0.25, 0.3) is 5.69 Å². The van der Waals surface area contributed by atoms with Gasteiger partial charge in [0.15, 0.2) is 0 Å². The van der Waals surface area contributed by atoms with Crippen LogP contribution in [-0.2, 0) is 11.8 Å². The van der Waals surface area contributed by atoms with E-state index in [1.165, 1.54) is 5.56 Å². The molecule has 2 rings (SSSR count). The van der Waals surface area contributed by atoms with Crippen molar-refractivity contribution in [2.45, 2.75) is 59.3 Å². The molecule has 114 valence electrons. The maximum Gasteiger partial charge on any atom is 0.268 e. The lowest BCUT2D eigenvalue weighted by Gasteiger charge is -2.19. The molecule has 0 saturated carbocycles. The second-order valence-electron chi connectivity index (χ2n) is 6.79. The fourth-order valence-corrected chi connectivity index (χ4v) is 2.81. The van der Waals surface area contributed by atoms with Crippen molar-refractivity contribution in [3.05, 3.63) is 51.4 Å². The van der Waals surface area contributed by atoms with Crippen LogP contribution in [0, 0.1) is 6.92 Å². The average Bonchev–Trinajstić information content (AvgIpc) is 2.73. The first-order valence-corrected chi connectivity index (χ1v) is 7.76. The van der Waals surface area contributed by atoms with Crippen LogP contribution >= 0.6 is 0 Å². The number of nitrogens with zero attached hydrogens (tertiary/aromatic N) is 1. The van der Waals surface area contributed by atoms with E-state index in [4.69, 9.17) is 0 Å². The summed E-state index contributed by atoms with van der Waals surface area (Å²) in [5.41, 5.74) is 4.16. The summed E-state index contributed by atoms with van der Waals surface area (Å²) in [4.78, 5) is 12.5. The number of aryl methyl sites for hydroxylation is 1. The van der Waals surface area contributed by atoms with Gasteiger partial charge in [-0.15, -0.1) is 0 Å². The number of nitrogens with one attached hydrogen (secondary N) is 1. The van der Waals surface area contributed by atoms with Crippen LogP contribution in [0.5, 0.6) is 0 Å². The Balaban J connectivity index is 2.63. The summed E-state index contributed by atoms with van der Waals surface area (Å²) in [5, 5.41) is 3.03. The molecule has 1 aromatic heterocycles. The van der Waals surface area contributed by atoms with E-state index in [0.29, 0.717) is 0 Å². The molecule has 0 unspecified atom stereocenters. The molecule has 0 spiro atoms. The van der Waals surface area contributed by atoms with Gasteiger partial charge in [0.1, 0.15) is 0 Å². The molecule has 0 aliphatic carbocycles. The van der Waals surface area contributed by atoms with Crippen LogP contribution in [0.4, 0.5) is 0 Å². The zero-order valence-electron chi connectivity index (χ0n) is 13.8. The van der Waals surface area contributed by atoms with E-state index in [9.17, 15) is 4.79 Å². The summed E-state index contributed by atoms with van der Waals surface area (Å²) in [5.74, 6) is 0. The summed E-state index contributed by atoms with van der Waals surface area (Å²) in [6.45, 7) is 10.6. The van der Waals surface area contributed by atoms with Gasteiger partial charge < -0.3 is 0 Å². The first-order chi connectivity index (χ1) is 9.84. The van der Waals surface area contributed by atoms with E-state index in [0.717, 1.165) is 36.2 Å². The smallest absolute Gasteiger partial charge is 0.268 e. The minimum Gasteiger partial charge on any atom is -0.268 e. The van der Waals surface area contributed by atoms with Gasteiger partial charge in [0.05, 0.1) is 5.69 Å². The molecule has 3 nitrogen and oxygen atoms in total. The van der Waals surface area contributed by atoms with Crippen LogP contribution < -0.4 is 5.56 Å². The molecule has 0 bridgehead atoms. The summed E-state index contributed by atoms with van der Waals surface area (Å²) >= 11 is 0. The summed E-state index contributed by atoms with van der Waals surface area (Å²) < 4.78 is 1.98. The van der Waals surface area contributed by atoms with Crippen LogP contribution in [0.3, 0.4) is 0 Å². The van der Waals surface area contributed by atoms with Crippen molar-refractivity contribution in [2.24, 2.45) is 0 Å². The molecule has 3 heteroatoms. The number of benzene rings is 1. The van der Waals surface area contributed by atoms with Gasteiger partial charge in [-0.2, -0.15) is 0 Å². The topological polar surface area (TPSA) is 37.8 Å². The van der Waals surface area contributed by atoms with Gasteiger partial charge in [0.2, 0.25) is 0 Å². The van der Waals surface area contributed by atoms with Crippen LogP contribution in [0.15, 0.2) is 29.1 Å². The standard InChI is InChI=1S/C18H26N2O/c1-6-7-11-15-16(18(3,4)5)17(21)19-20(15)14-10-8-9-13(2)12-14/h8-10,12H,6-7,11H2,1-5H3,(H,19,21). The molecule has 0 atom stereocenters. The molecule has 0 saturated heterocycles. The number of rotatable bonds is 4. The van der Waals surface area contributed by atoms with Gasteiger partial charge in [-0.25, -0.2) is 0 Å². The van der Waals surface area contributed by atoms with E-state index in [1.54, 1.807) is 0 Å². The van der Waals surface area contributed by atoms with Gasteiger partial charge in [0, 0.05) is 11.3 Å². The van der Waals surface area contributed by atoms with Gasteiger partial charge in [-0.3, -0.25) is 14.6 Å². The SMILES string of the molecule is CCCCc1c(C(C)(C)C)c(=O)[nH]n1-c1cccc(C)c1. The summed E-state index contributed by atoms with van der Waals surface area (Å²) in [6.07, 6.45) is 3.14. The van der Waals surface area contributed by atoms with Gasteiger partial charge in [-0.05, 0) is 42.9 Å². The Hall–Kier alpha value is -1.77. The molecule has 0 aliphatic rings. The van der Waals surface area contributed by atoms with Crippen LogP contribution in [-0.4, -0.2) is 9.78 Å². The third kappa shape index (κ3) is 3.29. The van der Waals surface area contributed by atoms with Crippen molar-refractivity contribution < 1.29 is 0 Å². The molecule has 0 fully saturated rings. The molecule has 1 aromatic carbocycles. The first kappa shape index (κ1) is 15.6. The van der Waals surface area contributed by atoms with E-state index < -0.39 is 0 Å². The number of unbranched alkanes of at least 4 members (excludes halogenated alkanes) is 1. The maximum absolute atomic E-state index is 12.5. The van der Waals surface area contributed by atoms with Crippen molar-refractivity contribution in [1.82, 2.24) is 9.78 Å². The van der Waals surface area contributed by atoms with Crippen LogP contribution in [0.1, 0.15) is 57.4 Å². The Morgan fingerprint density at radius 3 is 2.52 bits per heavy atom. The van der Waals surface area contributed by atoms with Gasteiger partial charge in [-0.1, -0.05) is 46.2 Å². The molecule has 21 heavy (non-hydrogen) atoms. The third-order valence-electron chi connectivity index (χ3n) is 3.78. The minimum absolute atomic E-state index is 0.0371. The highest BCUT2D eigenvalue weighted by molar-refractivity contribution is 5.39. The third-order valence-corrected chi connectivity index (χ3v) is 3.78. The molecule has 0 aliphatic heterocycles. The predicted molar refractivity (Wildman–Crippen MR) is 88.4 cm³/mol. The van der Waals surface area contributed by atoms with E-state index in [1.807, 2.05) is 16.8 Å². The van der Waals surface area contributed by atoms with E-state index in [-0.39, 0.29) is 11.0 Å². The highest BCUT2D eigenvalue weighted by Gasteiger charge is 2.26. The largest absolute Gasteiger partial charge is 0.268 e. The minimum atomic E-state index is -0.147. The van der Waals surface area contributed by atoms with E-state index >= 15 is 0 Å². The first-order valence-electron chi connectivity index (χ1n) is 7.76. The highest BCUT2D eigenvalue weighted by atomic mass is 16.1. The summed E-state index contributed by atoms with van der Waals surface area (Å²) in [7, 11) is 0. The van der Waals surface area contributed by atoms with E-state index in [2.05, 4.69) is 51.9 Å². The lowest BCUT2D eigenvalue weighted by Crippen LogP contribution is -2.22. The zero-order chi connectivity index (χ0) is 15.6. The Morgan fingerprint density at radius 1 is 1.24 bits per heavy atom. The molecule has 2 aromatic rings. The lowest BCUT2D eigenvalue weighted by molar-refractivity contribution is 0.573. The average molecular weight is 286 g/mol. The maximum atomic E-state index is 12.5. The molecule has 1 heterocycles. The predicted octanol–water partition coefficient (Wildman–Crippen LogP) is 4.11. The second kappa shape index (κ2) is 5.92. The monoisotopic (exact) mass is 286 g/mol. The number of hydrogen-bond donors (Lipinski definition) is 1. The number of hydrogen-bond acceptors (Lipinski definition) is 1. The molecule has 1 N–H and O–H groups in total. The van der Waals surface area contributed by atoms with Gasteiger partial charge >= 0.3 is 0 Å². The fourth-order valence-electron chi connectivity index (χ4n) is 2.81. The van der Waals surface area contributed by atoms with Crippen molar-refractivity contribution in [3.63, 3.8) is 0 Å². The Labute approximate surface area is 127 Å². The highest BCUT2D eigenvalue weighted by Crippen LogP contribution is 2.26. The van der Waals surface area contributed by atoms with Crippen molar-refractivity contribution >= 4 is 0 Å². The Morgan fingerprint density at radius 2 is 1.95 bits per heavy atom. The number of H-pyrrole nitrogens is 1. The molecular weight excluding hydrogens is 260 g/mol. The fraction of sp³-hybridized carbons (Fsp3) is 0.500. The zero-order valence-corrected chi connectivity index (χ0v) is 13.8. The quantitative estimate of drug-likeness (QED) is 0.902. The van der Waals surface area contributed by atoms with Crippen molar-refractivity contribution in [1.29, 1.82) is 0 Å². The second-order valence-corrected chi connectivity index (χ2v) is 6.79. The van der Waals surface area contributed by atoms with Gasteiger partial charge in [0.25, 0.3) is 5.56 Å².